The largest absolute Gasteiger partial charge is 0.468 e. The van der Waals surface area contributed by atoms with E-state index in [1.54, 1.807) is 0 Å². The van der Waals surface area contributed by atoms with Crippen molar-refractivity contribution in [2.24, 2.45) is 5.73 Å². The lowest BCUT2D eigenvalue weighted by atomic mass is 9.90. The minimum absolute atomic E-state index is 0.179. The summed E-state index contributed by atoms with van der Waals surface area (Å²) in [5.41, 5.74) is 6.81. The van der Waals surface area contributed by atoms with Gasteiger partial charge in [0.2, 0.25) is 0 Å². The average molecular weight is 256 g/mol. The maximum atomic E-state index is 11.3. The second-order valence-corrected chi connectivity index (χ2v) is 4.40. The van der Waals surface area contributed by atoms with E-state index in [1.165, 1.54) is 7.11 Å². The monoisotopic (exact) mass is 255 g/mol. The van der Waals surface area contributed by atoms with Crippen molar-refractivity contribution in [2.45, 2.75) is 31.7 Å². The van der Waals surface area contributed by atoms with Crippen molar-refractivity contribution in [3.8, 4) is 0 Å². The Balaban J connectivity index is 2.79. The Morgan fingerprint density at radius 1 is 1.47 bits per heavy atom. The molecule has 0 saturated heterocycles. The number of methoxy groups -OCH3 is 1. The van der Waals surface area contributed by atoms with Gasteiger partial charge in [-0.3, -0.25) is 4.79 Å². The van der Waals surface area contributed by atoms with E-state index in [0.29, 0.717) is 6.42 Å². The van der Waals surface area contributed by atoms with Gasteiger partial charge in [-0.15, -0.1) is 0 Å². The smallest absolute Gasteiger partial charge is 0.322 e. The highest BCUT2D eigenvalue weighted by molar-refractivity contribution is 6.31. The van der Waals surface area contributed by atoms with Crippen molar-refractivity contribution in [3.05, 3.63) is 34.9 Å². The molecule has 17 heavy (non-hydrogen) atoms. The molecule has 1 rings (SSSR count). The van der Waals surface area contributed by atoms with Gasteiger partial charge in [0.1, 0.15) is 6.04 Å². The van der Waals surface area contributed by atoms with Gasteiger partial charge in [-0.2, -0.15) is 0 Å². The molecule has 0 aliphatic heterocycles. The van der Waals surface area contributed by atoms with E-state index in [-0.39, 0.29) is 11.9 Å². The van der Waals surface area contributed by atoms with Crippen LogP contribution in [0.25, 0.3) is 0 Å². The number of carbonyl (C=O) groups excluding carboxylic acids is 1. The van der Waals surface area contributed by atoms with Crippen molar-refractivity contribution in [3.63, 3.8) is 0 Å². The number of esters is 1. The molecule has 3 nitrogen and oxygen atoms in total. The Morgan fingerprint density at radius 2 is 2.12 bits per heavy atom. The van der Waals surface area contributed by atoms with Crippen LogP contribution in [0.3, 0.4) is 0 Å². The highest BCUT2D eigenvalue weighted by atomic mass is 35.5. The lowest BCUT2D eigenvalue weighted by Crippen LogP contribution is -2.33. The molecule has 0 aromatic heterocycles. The van der Waals surface area contributed by atoms with Gasteiger partial charge in [0.25, 0.3) is 0 Å². The number of halogens is 1. The van der Waals surface area contributed by atoms with Gasteiger partial charge in [0, 0.05) is 5.02 Å². The molecule has 0 saturated carbocycles. The van der Waals surface area contributed by atoms with E-state index in [9.17, 15) is 4.79 Å². The molecule has 0 amide bonds. The summed E-state index contributed by atoms with van der Waals surface area (Å²) in [6.07, 6.45) is 1.43. The van der Waals surface area contributed by atoms with Crippen molar-refractivity contribution in [2.75, 3.05) is 7.11 Å². The van der Waals surface area contributed by atoms with Crippen molar-refractivity contribution in [1.82, 2.24) is 0 Å². The summed E-state index contributed by atoms with van der Waals surface area (Å²) in [6.45, 7) is 2.05. The molecule has 0 aliphatic rings. The molecule has 0 aliphatic carbocycles. The Bertz CT molecular complexity index is 381. The van der Waals surface area contributed by atoms with Crippen molar-refractivity contribution in [1.29, 1.82) is 0 Å². The Kier molecular flexibility index (Phi) is 5.45. The van der Waals surface area contributed by atoms with Gasteiger partial charge in [-0.05, 0) is 30.4 Å². The number of carbonyl (C=O) groups is 1. The first kappa shape index (κ1) is 14.0. The third-order valence-electron chi connectivity index (χ3n) is 2.88. The van der Waals surface area contributed by atoms with E-state index >= 15 is 0 Å². The summed E-state index contributed by atoms with van der Waals surface area (Å²) in [6, 6.07) is 7.05. The maximum Gasteiger partial charge on any atom is 0.322 e. The van der Waals surface area contributed by atoms with Crippen molar-refractivity contribution >= 4 is 17.6 Å². The van der Waals surface area contributed by atoms with Gasteiger partial charge in [-0.1, -0.05) is 36.7 Å². The molecule has 1 aromatic rings. The lowest BCUT2D eigenvalue weighted by molar-refractivity contribution is -0.142. The topological polar surface area (TPSA) is 52.3 Å². The predicted octanol–water partition coefficient (Wildman–Crippen LogP) is 2.72. The quantitative estimate of drug-likeness (QED) is 0.823. The number of hydrogen-bond acceptors (Lipinski definition) is 3. The second kappa shape index (κ2) is 6.62. The Hall–Kier alpha value is -1.06. The molecule has 2 N–H and O–H groups in total. The fourth-order valence-corrected chi connectivity index (χ4v) is 2.16. The van der Waals surface area contributed by atoms with Gasteiger partial charge >= 0.3 is 5.97 Å². The normalized spacial score (nSPS) is 14.1. The first-order valence-electron chi connectivity index (χ1n) is 5.68. The molecule has 4 heteroatoms. The lowest BCUT2D eigenvalue weighted by Gasteiger charge is -2.19. The van der Waals surface area contributed by atoms with E-state index in [0.717, 1.165) is 17.0 Å². The standard InChI is InChI=1S/C13H18ClNO2/c1-3-9(8-12(15)13(16)17-2)10-6-4-5-7-11(10)14/h4-7,9,12H,3,8,15H2,1-2H3. The fourth-order valence-electron chi connectivity index (χ4n) is 1.87. The van der Waals surface area contributed by atoms with E-state index < -0.39 is 6.04 Å². The molecule has 0 spiro atoms. The molecule has 0 bridgehead atoms. The summed E-state index contributed by atoms with van der Waals surface area (Å²) >= 11 is 6.14. The van der Waals surface area contributed by atoms with Gasteiger partial charge in [0.15, 0.2) is 0 Å². The predicted molar refractivity (Wildman–Crippen MR) is 69.1 cm³/mol. The van der Waals surface area contributed by atoms with E-state index in [1.807, 2.05) is 24.3 Å². The molecular weight excluding hydrogens is 238 g/mol. The second-order valence-electron chi connectivity index (χ2n) is 3.99. The van der Waals surface area contributed by atoms with Crippen molar-refractivity contribution < 1.29 is 9.53 Å². The van der Waals surface area contributed by atoms with Gasteiger partial charge in [-0.25, -0.2) is 0 Å². The highest BCUT2D eigenvalue weighted by Gasteiger charge is 2.21. The average Bonchev–Trinajstić information content (AvgIpc) is 2.35. The minimum Gasteiger partial charge on any atom is -0.468 e. The summed E-state index contributed by atoms with van der Waals surface area (Å²) in [5.74, 6) is -0.201. The number of benzene rings is 1. The van der Waals surface area contributed by atoms with Crippen LogP contribution < -0.4 is 5.73 Å². The number of nitrogens with two attached hydrogens (primary N) is 1. The molecule has 0 fully saturated rings. The zero-order valence-electron chi connectivity index (χ0n) is 10.2. The van der Waals surface area contributed by atoms with Crippen LogP contribution in [-0.2, 0) is 9.53 Å². The SMILES string of the molecule is CCC(CC(N)C(=O)OC)c1ccccc1Cl. The third kappa shape index (κ3) is 3.72. The summed E-state index contributed by atoms with van der Waals surface area (Å²) in [4.78, 5) is 11.3. The number of ether oxygens (including phenoxy) is 1. The molecule has 0 heterocycles. The number of hydrogen-bond donors (Lipinski definition) is 1. The van der Waals surface area contributed by atoms with Crippen LogP contribution in [-0.4, -0.2) is 19.1 Å². The van der Waals surface area contributed by atoms with Gasteiger partial charge in [0.05, 0.1) is 7.11 Å². The molecule has 1 aromatic carbocycles. The third-order valence-corrected chi connectivity index (χ3v) is 3.22. The minimum atomic E-state index is -0.596. The summed E-state index contributed by atoms with van der Waals surface area (Å²) < 4.78 is 4.63. The molecule has 0 radical (unpaired) electrons. The van der Waals surface area contributed by atoms with Crippen LogP contribution in [0, 0.1) is 0 Å². The molecule has 94 valence electrons. The van der Waals surface area contributed by atoms with Gasteiger partial charge < -0.3 is 10.5 Å². The first-order valence-corrected chi connectivity index (χ1v) is 6.05. The Morgan fingerprint density at radius 3 is 2.65 bits per heavy atom. The Labute approximate surface area is 107 Å². The zero-order valence-corrected chi connectivity index (χ0v) is 10.9. The summed E-state index contributed by atoms with van der Waals surface area (Å²) in [5, 5.41) is 0.719. The number of rotatable bonds is 5. The summed E-state index contributed by atoms with van der Waals surface area (Å²) in [7, 11) is 1.35. The zero-order chi connectivity index (χ0) is 12.8. The maximum absolute atomic E-state index is 11.3. The molecular formula is C13H18ClNO2. The fraction of sp³-hybridized carbons (Fsp3) is 0.462. The highest BCUT2D eigenvalue weighted by Crippen LogP contribution is 2.30. The van der Waals surface area contributed by atoms with Crippen LogP contribution in [0.4, 0.5) is 0 Å². The first-order chi connectivity index (χ1) is 8.10. The van der Waals surface area contributed by atoms with Crippen LogP contribution in [0.5, 0.6) is 0 Å². The van der Waals surface area contributed by atoms with Crippen LogP contribution in [0.15, 0.2) is 24.3 Å². The molecule has 2 atom stereocenters. The van der Waals surface area contributed by atoms with Crippen LogP contribution >= 0.6 is 11.6 Å². The van der Waals surface area contributed by atoms with Crippen LogP contribution in [0.2, 0.25) is 5.02 Å². The molecule has 2 unspecified atom stereocenters. The van der Waals surface area contributed by atoms with E-state index in [2.05, 4.69) is 11.7 Å². The van der Waals surface area contributed by atoms with Crippen LogP contribution in [0.1, 0.15) is 31.2 Å². The van der Waals surface area contributed by atoms with E-state index in [4.69, 9.17) is 17.3 Å².